The molecule has 0 radical (unpaired) electrons. The van der Waals surface area contributed by atoms with E-state index in [0.717, 1.165) is 6.42 Å². The minimum absolute atomic E-state index is 0.253. The maximum Gasteiger partial charge on any atom is 0.410 e. The first-order valence-corrected chi connectivity index (χ1v) is 6.32. The summed E-state index contributed by atoms with van der Waals surface area (Å²) in [4.78, 5) is 16.4. The Morgan fingerprint density at radius 2 is 2.22 bits per heavy atom. The summed E-state index contributed by atoms with van der Waals surface area (Å²) >= 11 is 0. The number of hydrogen-bond donors (Lipinski definition) is 0. The van der Waals surface area contributed by atoms with Crippen LogP contribution in [-0.4, -0.2) is 36.2 Å². The van der Waals surface area contributed by atoms with Gasteiger partial charge >= 0.3 is 6.09 Å². The number of azide groups is 1. The molecule has 0 N–H and O–H groups in total. The van der Waals surface area contributed by atoms with Crippen LogP contribution in [0.1, 0.15) is 34.1 Å². The van der Waals surface area contributed by atoms with E-state index in [2.05, 4.69) is 16.9 Å². The Morgan fingerprint density at radius 3 is 2.72 bits per heavy atom. The summed E-state index contributed by atoms with van der Waals surface area (Å²) in [5, 5.41) is 3.62. The molecule has 0 aromatic heterocycles. The van der Waals surface area contributed by atoms with E-state index < -0.39 is 5.60 Å². The van der Waals surface area contributed by atoms with Gasteiger partial charge in [0.2, 0.25) is 0 Å². The molecular formula is C12H22N4O2. The second-order valence-electron chi connectivity index (χ2n) is 5.87. The topological polar surface area (TPSA) is 78.3 Å². The molecule has 0 aromatic carbocycles. The number of nitrogens with zero attached hydrogens (tertiary/aromatic N) is 4. The lowest BCUT2D eigenvalue weighted by Gasteiger charge is -2.37. The van der Waals surface area contributed by atoms with Crippen molar-refractivity contribution in [2.45, 2.75) is 39.7 Å². The Morgan fingerprint density at radius 1 is 1.56 bits per heavy atom. The number of hydrogen-bond acceptors (Lipinski definition) is 3. The summed E-state index contributed by atoms with van der Waals surface area (Å²) in [5.41, 5.74) is 7.87. The summed E-state index contributed by atoms with van der Waals surface area (Å²) in [7, 11) is 0. The van der Waals surface area contributed by atoms with Gasteiger partial charge in [-0.1, -0.05) is 12.0 Å². The van der Waals surface area contributed by atoms with Crippen molar-refractivity contribution in [1.29, 1.82) is 0 Å². The van der Waals surface area contributed by atoms with E-state index >= 15 is 0 Å². The van der Waals surface area contributed by atoms with Crippen LogP contribution in [0, 0.1) is 11.8 Å². The smallest absolute Gasteiger partial charge is 0.410 e. The highest BCUT2D eigenvalue weighted by atomic mass is 16.6. The second-order valence-corrected chi connectivity index (χ2v) is 5.87. The highest BCUT2D eigenvalue weighted by Crippen LogP contribution is 2.25. The number of amides is 1. The molecule has 2 atom stereocenters. The number of carbonyl (C=O) groups is 1. The lowest BCUT2D eigenvalue weighted by Crippen LogP contribution is -2.45. The first-order valence-electron chi connectivity index (χ1n) is 6.32. The van der Waals surface area contributed by atoms with Crippen molar-refractivity contribution < 1.29 is 9.53 Å². The first kappa shape index (κ1) is 14.6. The van der Waals surface area contributed by atoms with Gasteiger partial charge < -0.3 is 9.64 Å². The third kappa shape index (κ3) is 4.45. The summed E-state index contributed by atoms with van der Waals surface area (Å²) in [6.07, 6.45) is 0.607. The number of rotatable bonds is 2. The quantitative estimate of drug-likeness (QED) is 0.431. The molecular weight excluding hydrogens is 232 g/mol. The van der Waals surface area contributed by atoms with Crippen molar-refractivity contribution in [2.24, 2.45) is 17.0 Å². The molecule has 102 valence electrons. The lowest BCUT2D eigenvalue weighted by atomic mass is 9.87. The van der Waals surface area contributed by atoms with Gasteiger partial charge in [-0.2, -0.15) is 0 Å². The molecule has 0 bridgehead atoms. The molecule has 1 heterocycles. The van der Waals surface area contributed by atoms with E-state index in [1.165, 1.54) is 0 Å². The minimum atomic E-state index is -0.456. The van der Waals surface area contributed by atoms with Gasteiger partial charge in [0.05, 0.1) is 0 Å². The fraction of sp³-hybridized carbons (Fsp3) is 0.917. The van der Waals surface area contributed by atoms with Crippen LogP contribution in [0.25, 0.3) is 10.4 Å². The largest absolute Gasteiger partial charge is 0.444 e. The van der Waals surface area contributed by atoms with Gasteiger partial charge in [-0.05, 0) is 44.6 Å². The molecule has 2 unspecified atom stereocenters. The van der Waals surface area contributed by atoms with Crippen molar-refractivity contribution in [2.75, 3.05) is 19.6 Å². The van der Waals surface area contributed by atoms with Crippen LogP contribution in [0.3, 0.4) is 0 Å². The van der Waals surface area contributed by atoms with Crippen LogP contribution in [-0.2, 0) is 4.74 Å². The van der Waals surface area contributed by atoms with Crippen molar-refractivity contribution in [3.05, 3.63) is 10.4 Å². The van der Waals surface area contributed by atoms with Crippen LogP contribution < -0.4 is 0 Å². The molecule has 0 aliphatic carbocycles. The van der Waals surface area contributed by atoms with E-state index in [4.69, 9.17) is 10.3 Å². The average molecular weight is 254 g/mol. The monoisotopic (exact) mass is 254 g/mol. The highest BCUT2D eigenvalue weighted by molar-refractivity contribution is 5.68. The molecule has 1 saturated heterocycles. The number of piperidine rings is 1. The van der Waals surface area contributed by atoms with Crippen LogP contribution in [0.4, 0.5) is 4.79 Å². The molecule has 18 heavy (non-hydrogen) atoms. The van der Waals surface area contributed by atoms with E-state index in [1.54, 1.807) is 4.90 Å². The third-order valence-corrected chi connectivity index (χ3v) is 3.11. The SMILES string of the molecule is CC1CN(C(=O)OC(C)(C)C)CCC1CN=[N+]=[N-]. The average Bonchev–Trinajstić information content (AvgIpc) is 2.25. The summed E-state index contributed by atoms with van der Waals surface area (Å²) in [6, 6.07) is 0. The van der Waals surface area contributed by atoms with Gasteiger partial charge in [0.1, 0.15) is 5.60 Å². The summed E-state index contributed by atoms with van der Waals surface area (Å²) < 4.78 is 5.35. The van der Waals surface area contributed by atoms with Crippen molar-refractivity contribution >= 4 is 6.09 Å². The number of carbonyl (C=O) groups excluding carboxylic acids is 1. The van der Waals surface area contributed by atoms with E-state index in [-0.39, 0.29) is 6.09 Å². The van der Waals surface area contributed by atoms with Crippen LogP contribution in [0.5, 0.6) is 0 Å². The first-order chi connectivity index (χ1) is 8.33. The van der Waals surface area contributed by atoms with Gasteiger partial charge in [-0.15, -0.1) is 0 Å². The predicted octanol–water partition coefficient (Wildman–Crippen LogP) is 3.19. The molecule has 6 nitrogen and oxygen atoms in total. The Hall–Kier alpha value is -1.42. The fourth-order valence-corrected chi connectivity index (χ4v) is 2.10. The minimum Gasteiger partial charge on any atom is -0.444 e. The van der Waals surface area contributed by atoms with Crippen LogP contribution >= 0.6 is 0 Å². The molecule has 0 saturated carbocycles. The highest BCUT2D eigenvalue weighted by Gasteiger charge is 2.30. The van der Waals surface area contributed by atoms with Gasteiger partial charge in [-0.3, -0.25) is 0 Å². The summed E-state index contributed by atoms with van der Waals surface area (Å²) in [5.74, 6) is 0.691. The maximum atomic E-state index is 11.9. The normalized spacial score (nSPS) is 24.3. The molecule has 6 heteroatoms. The standard InChI is InChI=1S/C12H22N4O2/c1-9-8-16(11(17)18-12(2,3)4)6-5-10(9)7-14-15-13/h9-10H,5-8H2,1-4H3. The van der Waals surface area contributed by atoms with Crippen molar-refractivity contribution in [3.8, 4) is 0 Å². The Labute approximate surface area is 108 Å². The second kappa shape index (κ2) is 5.96. The van der Waals surface area contributed by atoms with Crippen molar-refractivity contribution in [3.63, 3.8) is 0 Å². The van der Waals surface area contributed by atoms with E-state index in [9.17, 15) is 4.79 Å². The molecule has 1 amide bonds. The van der Waals surface area contributed by atoms with Gasteiger partial charge in [-0.25, -0.2) is 4.79 Å². The molecule has 0 aromatic rings. The number of likely N-dealkylation sites (tertiary alicyclic amines) is 1. The Balaban J connectivity index is 2.50. The summed E-state index contributed by atoms with van der Waals surface area (Å²) in [6.45, 7) is 9.52. The zero-order valence-corrected chi connectivity index (χ0v) is 11.6. The Bertz CT molecular complexity index is 344. The van der Waals surface area contributed by atoms with Crippen LogP contribution in [0.15, 0.2) is 5.11 Å². The molecule has 1 aliphatic rings. The Kier molecular flexibility index (Phi) is 4.84. The number of ether oxygens (including phenoxy) is 1. The van der Waals surface area contributed by atoms with E-state index in [0.29, 0.717) is 31.5 Å². The van der Waals surface area contributed by atoms with Crippen molar-refractivity contribution in [1.82, 2.24) is 4.90 Å². The maximum absolute atomic E-state index is 11.9. The van der Waals surface area contributed by atoms with E-state index in [1.807, 2.05) is 20.8 Å². The lowest BCUT2D eigenvalue weighted by molar-refractivity contribution is 0.0122. The van der Waals surface area contributed by atoms with Crippen LogP contribution in [0.2, 0.25) is 0 Å². The predicted molar refractivity (Wildman–Crippen MR) is 69.1 cm³/mol. The zero-order valence-electron chi connectivity index (χ0n) is 11.6. The molecule has 1 aliphatic heterocycles. The fourth-order valence-electron chi connectivity index (χ4n) is 2.10. The van der Waals surface area contributed by atoms with Gasteiger partial charge in [0.15, 0.2) is 0 Å². The van der Waals surface area contributed by atoms with Gasteiger partial charge in [0.25, 0.3) is 0 Å². The molecule has 1 rings (SSSR count). The third-order valence-electron chi connectivity index (χ3n) is 3.11. The molecule has 0 spiro atoms. The zero-order chi connectivity index (χ0) is 13.8. The molecule has 1 fully saturated rings. The van der Waals surface area contributed by atoms with Gasteiger partial charge in [0, 0.05) is 24.5 Å².